The zero-order chi connectivity index (χ0) is 27.4. The van der Waals surface area contributed by atoms with Crippen molar-refractivity contribution in [2.75, 3.05) is 19.8 Å². The highest BCUT2D eigenvalue weighted by atomic mass is 35.5. The normalized spacial score (nSPS) is 15.1. The lowest BCUT2D eigenvalue weighted by Crippen LogP contribution is -2.40. The molecule has 198 valence electrons. The Kier molecular flexibility index (Phi) is 8.33. The van der Waals surface area contributed by atoms with E-state index in [0.29, 0.717) is 49.3 Å². The van der Waals surface area contributed by atoms with Crippen LogP contribution in [-0.2, 0) is 14.3 Å². The molecule has 0 aliphatic carbocycles. The molecule has 11 heteroatoms. The number of rotatable bonds is 9. The molecule has 2 N–H and O–H groups in total. The molecule has 2 aromatic carbocycles. The van der Waals surface area contributed by atoms with Gasteiger partial charge in [-0.15, -0.1) is 0 Å². The highest BCUT2D eigenvalue weighted by Gasteiger charge is 2.34. The average molecular weight is 556 g/mol. The lowest BCUT2D eigenvalue weighted by Gasteiger charge is -2.25. The quantitative estimate of drug-likeness (QED) is 0.405. The summed E-state index contributed by atoms with van der Waals surface area (Å²) in [5, 5.41) is 0.413. The van der Waals surface area contributed by atoms with Crippen LogP contribution in [0.2, 0.25) is 5.02 Å². The Labute approximate surface area is 227 Å². The van der Waals surface area contributed by atoms with Crippen molar-refractivity contribution in [3.63, 3.8) is 0 Å². The van der Waals surface area contributed by atoms with Gasteiger partial charge in [0.1, 0.15) is 6.04 Å². The molecular weight excluding hydrogens is 530 g/mol. The molecule has 38 heavy (non-hydrogen) atoms. The lowest BCUT2D eigenvalue weighted by atomic mass is 9.96. The second kappa shape index (κ2) is 11.7. The largest absolute Gasteiger partial charge is 0.490 e. The number of halogens is 1. The molecule has 0 spiro atoms. The first-order chi connectivity index (χ1) is 18.2. The van der Waals surface area contributed by atoms with E-state index in [2.05, 4.69) is 4.99 Å². The van der Waals surface area contributed by atoms with Crippen molar-refractivity contribution in [3.05, 3.63) is 89.6 Å². The van der Waals surface area contributed by atoms with Crippen LogP contribution in [0.1, 0.15) is 37.9 Å². The first kappa shape index (κ1) is 27.2. The monoisotopic (exact) mass is 555 g/mol. The summed E-state index contributed by atoms with van der Waals surface area (Å²) in [6.07, 6.45) is 1.71. The number of aromatic nitrogens is 1. The van der Waals surface area contributed by atoms with Crippen LogP contribution in [0.4, 0.5) is 0 Å². The van der Waals surface area contributed by atoms with Gasteiger partial charge in [0.2, 0.25) is 0 Å². The molecular formula is C27H26ClN3O6S. The number of nitrogens with two attached hydrogens (primary N) is 1. The topological polar surface area (TPSA) is 122 Å². The van der Waals surface area contributed by atoms with E-state index < -0.39 is 17.9 Å². The number of carbonyl (C=O) groups is 2. The summed E-state index contributed by atoms with van der Waals surface area (Å²) >= 11 is 7.73. The maximum absolute atomic E-state index is 13.8. The Hall–Kier alpha value is -3.89. The minimum Gasteiger partial charge on any atom is -0.490 e. The van der Waals surface area contributed by atoms with Crippen LogP contribution in [0.25, 0.3) is 6.08 Å². The van der Waals surface area contributed by atoms with E-state index in [-0.39, 0.29) is 24.3 Å². The number of carbonyl (C=O) groups excluding carboxylic acids is 2. The predicted molar refractivity (Wildman–Crippen MR) is 144 cm³/mol. The third-order valence-corrected chi connectivity index (χ3v) is 6.98. The average Bonchev–Trinajstić information content (AvgIpc) is 3.17. The van der Waals surface area contributed by atoms with Crippen LogP contribution in [0, 0.1) is 0 Å². The fourth-order valence-corrected chi connectivity index (χ4v) is 5.37. The maximum atomic E-state index is 13.8. The van der Waals surface area contributed by atoms with Gasteiger partial charge in [0.05, 0.1) is 29.0 Å². The molecule has 1 amide bonds. The number of primary amides is 1. The van der Waals surface area contributed by atoms with Crippen molar-refractivity contribution in [3.8, 4) is 11.5 Å². The van der Waals surface area contributed by atoms with Crippen molar-refractivity contribution in [1.82, 2.24) is 4.57 Å². The molecule has 0 fully saturated rings. The van der Waals surface area contributed by atoms with Crippen molar-refractivity contribution < 1.29 is 23.8 Å². The van der Waals surface area contributed by atoms with Crippen LogP contribution in [-0.4, -0.2) is 36.3 Å². The molecule has 0 unspecified atom stereocenters. The second-order valence-corrected chi connectivity index (χ2v) is 9.63. The number of nitrogens with zero attached hydrogens (tertiary/aromatic N) is 2. The fraction of sp³-hybridized carbons (Fsp3) is 0.259. The minimum absolute atomic E-state index is 0.177. The Morgan fingerprint density at radius 3 is 2.58 bits per heavy atom. The van der Waals surface area contributed by atoms with E-state index >= 15 is 0 Å². The first-order valence-electron chi connectivity index (χ1n) is 11.9. The summed E-state index contributed by atoms with van der Waals surface area (Å²) in [4.78, 5) is 42.9. The summed E-state index contributed by atoms with van der Waals surface area (Å²) in [6.45, 7) is 5.51. The van der Waals surface area contributed by atoms with E-state index in [0.717, 1.165) is 0 Å². The van der Waals surface area contributed by atoms with Gasteiger partial charge >= 0.3 is 5.97 Å². The van der Waals surface area contributed by atoms with E-state index in [1.165, 1.54) is 15.9 Å². The predicted octanol–water partition coefficient (Wildman–Crippen LogP) is 2.71. The summed E-state index contributed by atoms with van der Waals surface area (Å²) < 4.78 is 18.3. The van der Waals surface area contributed by atoms with Gasteiger partial charge in [-0.3, -0.25) is 14.2 Å². The van der Waals surface area contributed by atoms with Gasteiger partial charge in [-0.1, -0.05) is 47.2 Å². The Balaban J connectivity index is 1.87. The van der Waals surface area contributed by atoms with Crippen molar-refractivity contribution in [1.29, 1.82) is 0 Å². The first-order valence-corrected chi connectivity index (χ1v) is 13.1. The van der Waals surface area contributed by atoms with Crippen LogP contribution in [0.5, 0.6) is 11.5 Å². The Morgan fingerprint density at radius 2 is 1.89 bits per heavy atom. The number of allylic oxidation sites excluding steroid dienone is 1. The zero-order valence-corrected chi connectivity index (χ0v) is 22.6. The second-order valence-electron chi connectivity index (χ2n) is 8.22. The molecule has 1 aliphatic heterocycles. The van der Waals surface area contributed by atoms with Gasteiger partial charge in [-0.05, 0) is 56.2 Å². The smallest absolute Gasteiger partial charge is 0.338 e. The van der Waals surface area contributed by atoms with E-state index in [1.54, 1.807) is 62.4 Å². The molecule has 1 aliphatic rings. The van der Waals surface area contributed by atoms with Gasteiger partial charge in [0, 0.05) is 5.02 Å². The lowest BCUT2D eigenvalue weighted by molar-refractivity contribution is -0.139. The number of hydrogen-bond donors (Lipinski definition) is 1. The van der Waals surface area contributed by atoms with Gasteiger partial charge in [-0.25, -0.2) is 9.79 Å². The molecule has 1 aromatic heterocycles. The number of thiazole rings is 1. The van der Waals surface area contributed by atoms with E-state index in [4.69, 9.17) is 31.5 Å². The Morgan fingerprint density at radius 1 is 1.13 bits per heavy atom. The maximum Gasteiger partial charge on any atom is 0.338 e. The summed E-state index contributed by atoms with van der Waals surface area (Å²) in [7, 11) is 0. The SMILES string of the molecule is CCOC(=O)C1=C(C)N=c2s/c(=C/c3ccc(OCC(N)=O)c(OCC)c3)c(=O)n2[C@@H]1c1ccccc1Cl. The van der Waals surface area contributed by atoms with Gasteiger partial charge < -0.3 is 19.9 Å². The van der Waals surface area contributed by atoms with E-state index in [9.17, 15) is 14.4 Å². The number of fused-ring (bicyclic) bond motifs is 1. The van der Waals surface area contributed by atoms with Crippen molar-refractivity contribution in [2.45, 2.75) is 26.8 Å². The summed E-state index contributed by atoms with van der Waals surface area (Å²) in [5.41, 5.74) is 6.82. The molecule has 1 atom stereocenters. The molecule has 4 rings (SSSR count). The molecule has 0 saturated carbocycles. The number of esters is 1. The standard InChI is InChI=1S/C27H26ClN3O6S/c1-4-35-20-12-16(10-11-19(20)37-14-22(29)32)13-21-25(33)31-24(17-8-6-7-9-18(17)28)23(26(34)36-5-2)15(3)30-27(31)38-21/h6-13,24H,4-5,14H2,1-3H3,(H2,29,32)/b21-13+/t24-/m1/s1. The van der Waals surface area contributed by atoms with Gasteiger partial charge in [0.25, 0.3) is 11.5 Å². The molecule has 9 nitrogen and oxygen atoms in total. The van der Waals surface area contributed by atoms with Crippen molar-refractivity contribution >= 4 is 40.9 Å². The molecule has 3 aromatic rings. The van der Waals surface area contributed by atoms with Crippen molar-refractivity contribution in [2.24, 2.45) is 10.7 Å². The number of ether oxygens (including phenoxy) is 3. The number of hydrogen-bond acceptors (Lipinski definition) is 8. The molecule has 0 radical (unpaired) electrons. The van der Waals surface area contributed by atoms with Crippen LogP contribution >= 0.6 is 22.9 Å². The number of benzene rings is 2. The molecule has 0 bridgehead atoms. The van der Waals surface area contributed by atoms with Crippen LogP contribution in [0.3, 0.4) is 0 Å². The zero-order valence-electron chi connectivity index (χ0n) is 21.0. The third-order valence-electron chi connectivity index (χ3n) is 5.65. The molecule has 0 saturated heterocycles. The Bertz CT molecular complexity index is 1610. The third kappa shape index (κ3) is 5.51. The number of amides is 1. The summed E-state index contributed by atoms with van der Waals surface area (Å²) in [6, 6.07) is 11.4. The highest BCUT2D eigenvalue weighted by molar-refractivity contribution is 7.07. The van der Waals surface area contributed by atoms with E-state index in [1.807, 2.05) is 6.92 Å². The highest BCUT2D eigenvalue weighted by Crippen LogP contribution is 2.34. The van der Waals surface area contributed by atoms with Crippen LogP contribution in [0.15, 0.2) is 63.5 Å². The fourth-order valence-electron chi connectivity index (χ4n) is 4.08. The summed E-state index contributed by atoms with van der Waals surface area (Å²) in [5.74, 6) is -0.397. The van der Waals surface area contributed by atoms with Crippen LogP contribution < -0.4 is 30.1 Å². The van der Waals surface area contributed by atoms with Gasteiger partial charge in [0.15, 0.2) is 22.9 Å². The van der Waals surface area contributed by atoms with Gasteiger partial charge in [-0.2, -0.15) is 0 Å². The molecule has 2 heterocycles. The minimum atomic E-state index is -0.801.